The minimum Gasteiger partial charge on any atom is -0.312 e. The number of nitrogens with one attached hydrogen (secondary N) is 1. The lowest BCUT2D eigenvalue weighted by Crippen LogP contribution is -2.41. The molecule has 1 saturated heterocycles. The van der Waals surface area contributed by atoms with Crippen molar-refractivity contribution in [3.8, 4) is 0 Å². The van der Waals surface area contributed by atoms with Crippen molar-refractivity contribution in [2.75, 3.05) is 37.7 Å². The summed E-state index contributed by atoms with van der Waals surface area (Å²) < 4.78 is 0. The van der Waals surface area contributed by atoms with Crippen molar-refractivity contribution in [2.45, 2.75) is 38.6 Å². The van der Waals surface area contributed by atoms with Crippen molar-refractivity contribution in [2.24, 2.45) is 5.92 Å². The van der Waals surface area contributed by atoms with Crippen molar-refractivity contribution in [1.29, 1.82) is 0 Å². The predicted octanol–water partition coefficient (Wildman–Crippen LogP) is 2.20. The lowest BCUT2D eigenvalue weighted by Gasteiger charge is -2.27. The summed E-state index contributed by atoms with van der Waals surface area (Å²) in [5, 5.41) is 3.78. The van der Waals surface area contributed by atoms with E-state index in [1.54, 1.807) is 0 Å². The standard InChI is InChI=1S/C13H26N2S/c1-2-12-4-3-5-13(12)14-6-7-15-8-10-16-11-9-15/h12-14H,2-11H2,1H3. The molecule has 1 aliphatic heterocycles. The van der Waals surface area contributed by atoms with E-state index >= 15 is 0 Å². The van der Waals surface area contributed by atoms with Crippen molar-refractivity contribution in [3.63, 3.8) is 0 Å². The third kappa shape index (κ3) is 3.64. The average Bonchev–Trinajstić information content (AvgIpc) is 2.78. The van der Waals surface area contributed by atoms with Gasteiger partial charge < -0.3 is 10.2 Å². The van der Waals surface area contributed by atoms with E-state index in [2.05, 4.69) is 28.9 Å². The van der Waals surface area contributed by atoms with E-state index in [9.17, 15) is 0 Å². The summed E-state index contributed by atoms with van der Waals surface area (Å²) in [7, 11) is 0. The van der Waals surface area contributed by atoms with E-state index in [-0.39, 0.29) is 0 Å². The first-order valence-electron chi connectivity index (χ1n) is 6.93. The number of hydrogen-bond acceptors (Lipinski definition) is 3. The summed E-state index contributed by atoms with van der Waals surface area (Å²) in [6, 6.07) is 0.823. The smallest absolute Gasteiger partial charge is 0.0108 e. The summed E-state index contributed by atoms with van der Waals surface area (Å²) in [4.78, 5) is 2.61. The zero-order valence-electron chi connectivity index (χ0n) is 10.6. The Hall–Kier alpha value is 0.270. The Morgan fingerprint density at radius 1 is 1.25 bits per heavy atom. The molecule has 3 heteroatoms. The second-order valence-electron chi connectivity index (χ2n) is 5.11. The van der Waals surface area contributed by atoms with E-state index < -0.39 is 0 Å². The fraction of sp³-hybridized carbons (Fsp3) is 1.00. The molecule has 0 radical (unpaired) electrons. The topological polar surface area (TPSA) is 15.3 Å². The van der Waals surface area contributed by atoms with Crippen LogP contribution in [0, 0.1) is 5.92 Å². The molecule has 0 aromatic heterocycles. The lowest BCUT2D eigenvalue weighted by atomic mass is 10.0. The van der Waals surface area contributed by atoms with Crippen molar-refractivity contribution in [1.82, 2.24) is 10.2 Å². The van der Waals surface area contributed by atoms with Gasteiger partial charge in [0.15, 0.2) is 0 Å². The first kappa shape index (κ1) is 12.7. The minimum absolute atomic E-state index is 0.823. The number of hydrogen-bond donors (Lipinski definition) is 1. The molecular formula is C13H26N2S. The molecule has 1 heterocycles. The Morgan fingerprint density at radius 3 is 2.81 bits per heavy atom. The van der Waals surface area contributed by atoms with Crippen LogP contribution in [0.4, 0.5) is 0 Å². The Morgan fingerprint density at radius 2 is 2.06 bits per heavy atom. The van der Waals surface area contributed by atoms with Gasteiger partial charge in [-0.25, -0.2) is 0 Å². The van der Waals surface area contributed by atoms with Crippen molar-refractivity contribution < 1.29 is 0 Å². The molecule has 0 spiro atoms. The van der Waals surface area contributed by atoms with Crippen LogP contribution >= 0.6 is 11.8 Å². The summed E-state index contributed by atoms with van der Waals surface area (Å²) in [5.41, 5.74) is 0. The van der Waals surface area contributed by atoms with Crippen LogP contribution in [-0.2, 0) is 0 Å². The van der Waals surface area contributed by atoms with Crippen LogP contribution in [0.3, 0.4) is 0 Å². The first-order chi connectivity index (χ1) is 7.90. The highest BCUT2D eigenvalue weighted by atomic mass is 32.2. The molecule has 0 bridgehead atoms. The van der Waals surface area contributed by atoms with Gasteiger partial charge in [0, 0.05) is 43.7 Å². The van der Waals surface area contributed by atoms with E-state index in [4.69, 9.17) is 0 Å². The Kier molecular flexibility index (Phi) is 5.46. The summed E-state index contributed by atoms with van der Waals surface area (Å²) in [6.45, 7) is 7.40. The maximum atomic E-state index is 3.78. The van der Waals surface area contributed by atoms with Crippen LogP contribution in [0.15, 0.2) is 0 Å². The second-order valence-corrected chi connectivity index (χ2v) is 6.34. The minimum atomic E-state index is 0.823. The van der Waals surface area contributed by atoms with Gasteiger partial charge in [-0.05, 0) is 18.8 Å². The fourth-order valence-corrected chi connectivity index (χ4v) is 4.01. The second kappa shape index (κ2) is 6.87. The molecule has 0 aromatic rings. The molecule has 94 valence electrons. The normalized spacial score (nSPS) is 32.1. The van der Waals surface area contributed by atoms with Crippen LogP contribution in [0.25, 0.3) is 0 Å². The molecule has 1 saturated carbocycles. The van der Waals surface area contributed by atoms with E-state index in [1.807, 2.05) is 0 Å². The van der Waals surface area contributed by atoms with Crippen molar-refractivity contribution >= 4 is 11.8 Å². The molecule has 1 aliphatic carbocycles. The van der Waals surface area contributed by atoms with E-state index in [1.165, 1.54) is 63.4 Å². The molecule has 1 N–H and O–H groups in total. The average molecular weight is 242 g/mol. The number of rotatable bonds is 5. The highest BCUT2D eigenvalue weighted by Crippen LogP contribution is 2.27. The zero-order valence-corrected chi connectivity index (χ0v) is 11.4. The van der Waals surface area contributed by atoms with Crippen molar-refractivity contribution in [3.05, 3.63) is 0 Å². The molecule has 2 unspecified atom stereocenters. The van der Waals surface area contributed by atoms with Crippen LogP contribution < -0.4 is 5.32 Å². The van der Waals surface area contributed by atoms with Gasteiger partial charge in [0.1, 0.15) is 0 Å². The molecule has 2 atom stereocenters. The lowest BCUT2D eigenvalue weighted by molar-refractivity contribution is 0.285. The van der Waals surface area contributed by atoms with Gasteiger partial charge in [-0.3, -0.25) is 0 Å². The number of thioether (sulfide) groups is 1. The fourth-order valence-electron chi connectivity index (χ4n) is 3.03. The summed E-state index contributed by atoms with van der Waals surface area (Å²) in [5.74, 6) is 3.62. The first-order valence-corrected chi connectivity index (χ1v) is 8.09. The molecule has 0 aromatic carbocycles. The third-order valence-electron chi connectivity index (χ3n) is 4.12. The van der Waals surface area contributed by atoms with Crippen LogP contribution in [0.2, 0.25) is 0 Å². The van der Waals surface area contributed by atoms with Gasteiger partial charge in [-0.1, -0.05) is 19.8 Å². The molecule has 16 heavy (non-hydrogen) atoms. The molecule has 2 nitrogen and oxygen atoms in total. The predicted molar refractivity (Wildman–Crippen MR) is 73.2 cm³/mol. The summed E-state index contributed by atoms with van der Waals surface area (Å²) in [6.07, 6.45) is 5.66. The van der Waals surface area contributed by atoms with Gasteiger partial charge in [0.05, 0.1) is 0 Å². The van der Waals surface area contributed by atoms with Gasteiger partial charge in [-0.15, -0.1) is 0 Å². The molecule has 2 rings (SSSR count). The van der Waals surface area contributed by atoms with Crippen LogP contribution in [0.5, 0.6) is 0 Å². The molecule has 2 fully saturated rings. The monoisotopic (exact) mass is 242 g/mol. The maximum Gasteiger partial charge on any atom is 0.0108 e. The maximum absolute atomic E-state index is 3.78. The summed E-state index contributed by atoms with van der Waals surface area (Å²) >= 11 is 2.10. The Balaban J connectivity index is 1.59. The van der Waals surface area contributed by atoms with Crippen LogP contribution in [0.1, 0.15) is 32.6 Å². The highest BCUT2D eigenvalue weighted by Gasteiger charge is 2.24. The highest BCUT2D eigenvalue weighted by molar-refractivity contribution is 7.99. The van der Waals surface area contributed by atoms with Gasteiger partial charge >= 0.3 is 0 Å². The zero-order chi connectivity index (χ0) is 11.2. The molecular weight excluding hydrogens is 216 g/mol. The van der Waals surface area contributed by atoms with Gasteiger partial charge in [-0.2, -0.15) is 11.8 Å². The van der Waals surface area contributed by atoms with E-state index in [0.717, 1.165) is 12.0 Å². The largest absolute Gasteiger partial charge is 0.312 e. The van der Waals surface area contributed by atoms with Gasteiger partial charge in [0.25, 0.3) is 0 Å². The quantitative estimate of drug-likeness (QED) is 0.796. The van der Waals surface area contributed by atoms with Crippen LogP contribution in [-0.4, -0.2) is 48.6 Å². The molecule has 2 aliphatic rings. The van der Waals surface area contributed by atoms with Gasteiger partial charge in [0.2, 0.25) is 0 Å². The van der Waals surface area contributed by atoms with E-state index in [0.29, 0.717) is 0 Å². The Bertz CT molecular complexity index is 192. The number of nitrogens with zero attached hydrogens (tertiary/aromatic N) is 1. The SMILES string of the molecule is CCC1CCCC1NCCN1CCSCC1. The molecule has 0 amide bonds. The Labute approximate surface area is 105 Å². The third-order valence-corrected chi connectivity index (χ3v) is 5.06.